The molecule has 0 bridgehead atoms. The van der Waals surface area contributed by atoms with Crippen LogP contribution in [0.4, 0.5) is 0 Å². The molecule has 1 fully saturated rings. The quantitative estimate of drug-likeness (QED) is 0.823. The summed E-state index contributed by atoms with van der Waals surface area (Å²) in [4.78, 5) is 16.9. The highest BCUT2D eigenvalue weighted by Gasteiger charge is 2.23. The second kappa shape index (κ2) is 7.00. The van der Waals surface area contributed by atoms with Crippen LogP contribution in [0, 0.1) is 6.92 Å². The lowest BCUT2D eigenvalue weighted by Gasteiger charge is -2.35. The van der Waals surface area contributed by atoms with Crippen LogP contribution in [0.5, 0.6) is 0 Å². The molecule has 20 heavy (non-hydrogen) atoms. The number of carbonyl (C=O) groups is 1. The van der Waals surface area contributed by atoms with Crippen LogP contribution in [0.1, 0.15) is 30.9 Å². The Labute approximate surface area is 122 Å². The molecule has 110 valence electrons. The fourth-order valence-electron chi connectivity index (χ4n) is 2.81. The van der Waals surface area contributed by atoms with Crippen LogP contribution in [0.25, 0.3) is 0 Å². The number of carbonyl (C=O) groups excluding carboxylic acids is 1. The highest BCUT2D eigenvalue weighted by molar-refractivity contribution is 5.83. The Balaban J connectivity index is 2.00. The molecule has 0 radical (unpaired) electrons. The average molecular weight is 274 g/mol. The summed E-state index contributed by atoms with van der Waals surface area (Å²) in [6.45, 7) is 12.4. The number of hydrogen-bond acceptors (Lipinski definition) is 3. The summed E-state index contributed by atoms with van der Waals surface area (Å²) in [7, 11) is 0. The van der Waals surface area contributed by atoms with Crippen molar-refractivity contribution >= 4 is 5.78 Å². The van der Waals surface area contributed by atoms with E-state index in [1.807, 2.05) is 0 Å². The second-order valence-corrected chi connectivity index (χ2v) is 5.81. The summed E-state index contributed by atoms with van der Waals surface area (Å²) in [5.41, 5.74) is 2.40. The summed E-state index contributed by atoms with van der Waals surface area (Å²) in [6, 6.07) is 8.40. The largest absolute Gasteiger partial charge is 0.301 e. The van der Waals surface area contributed by atoms with Crippen LogP contribution in [-0.4, -0.2) is 54.9 Å². The van der Waals surface area contributed by atoms with Crippen LogP contribution in [0.15, 0.2) is 24.3 Å². The summed E-state index contributed by atoms with van der Waals surface area (Å²) in [5, 5.41) is 0. The lowest BCUT2D eigenvalue weighted by molar-refractivity contribution is -0.119. The molecule has 1 aromatic rings. The van der Waals surface area contributed by atoms with Gasteiger partial charge < -0.3 is 4.90 Å². The van der Waals surface area contributed by atoms with E-state index in [1.165, 1.54) is 5.56 Å². The minimum Gasteiger partial charge on any atom is -0.301 e. The predicted octanol–water partition coefficient (Wildman–Crippen LogP) is 2.31. The fourth-order valence-corrected chi connectivity index (χ4v) is 2.81. The molecule has 0 unspecified atom stereocenters. The number of piperazine rings is 1. The Morgan fingerprint density at radius 1 is 1.10 bits per heavy atom. The summed E-state index contributed by atoms with van der Waals surface area (Å²) in [5.74, 6) is 0.288. The molecule has 1 aliphatic rings. The van der Waals surface area contributed by atoms with E-state index in [9.17, 15) is 4.79 Å². The van der Waals surface area contributed by atoms with Gasteiger partial charge in [0.25, 0.3) is 0 Å². The molecular formula is C17H26N2O. The van der Waals surface area contributed by atoms with E-state index < -0.39 is 0 Å². The summed E-state index contributed by atoms with van der Waals surface area (Å²) in [6.07, 6.45) is 0. The third kappa shape index (κ3) is 3.90. The lowest BCUT2D eigenvalue weighted by Crippen LogP contribution is -2.47. The molecule has 0 N–H and O–H groups in total. The van der Waals surface area contributed by atoms with Gasteiger partial charge in [0.05, 0.1) is 5.92 Å². The Morgan fingerprint density at radius 3 is 2.15 bits per heavy atom. The smallest absolute Gasteiger partial charge is 0.138 e. The summed E-state index contributed by atoms with van der Waals surface area (Å²) >= 11 is 0. The molecule has 1 aromatic carbocycles. The van der Waals surface area contributed by atoms with Gasteiger partial charge >= 0.3 is 0 Å². The number of Topliss-reactive ketones (excluding diaryl/α,β-unsaturated/α-hetero) is 1. The molecule has 3 nitrogen and oxygen atoms in total. The topological polar surface area (TPSA) is 23.6 Å². The van der Waals surface area contributed by atoms with Gasteiger partial charge in [0.15, 0.2) is 0 Å². The maximum absolute atomic E-state index is 12.0. The standard InChI is InChI=1S/C17H26N2O/c1-4-18-9-11-19(12-10-18)13-17(15(3)20)16-7-5-14(2)6-8-16/h5-8,17H,4,9-13H2,1-3H3/t17-/m1/s1. The Kier molecular flexibility index (Phi) is 5.32. The first kappa shape index (κ1) is 15.2. The molecule has 0 saturated carbocycles. The first-order valence-electron chi connectivity index (χ1n) is 7.62. The zero-order valence-corrected chi connectivity index (χ0v) is 12.9. The van der Waals surface area contributed by atoms with Crippen LogP contribution >= 0.6 is 0 Å². The third-order valence-corrected chi connectivity index (χ3v) is 4.32. The van der Waals surface area contributed by atoms with E-state index in [0.717, 1.165) is 44.8 Å². The van der Waals surface area contributed by atoms with E-state index in [4.69, 9.17) is 0 Å². The fraction of sp³-hybridized carbons (Fsp3) is 0.588. The number of benzene rings is 1. The van der Waals surface area contributed by atoms with E-state index >= 15 is 0 Å². The highest BCUT2D eigenvalue weighted by Crippen LogP contribution is 2.20. The van der Waals surface area contributed by atoms with Crippen molar-refractivity contribution in [3.63, 3.8) is 0 Å². The zero-order chi connectivity index (χ0) is 14.5. The Hall–Kier alpha value is -1.19. The van der Waals surface area contributed by atoms with Gasteiger partial charge in [0, 0.05) is 32.7 Å². The van der Waals surface area contributed by atoms with Crippen LogP contribution < -0.4 is 0 Å². The number of nitrogens with zero attached hydrogens (tertiary/aromatic N) is 2. The van der Waals surface area contributed by atoms with Gasteiger partial charge in [0.1, 0.15) is 5.78 Å². The molecule has 0 amide bonds. The van der Waals surface area contributed by atoms with Crippen molar-refractivity contribution in [2.75, 3.05) is 39.3 Å². The molecule has 1 heterocycles. The molecule has 1 atom stereocenters. The monoisotopic (exact) mass is 274 g/mol. The van der Waals surface area contributed by atoms with Gasteiger partial charge in [-0.05, 0) is 26.0 Å². The van der Waals surface area contributed by atoms with Crippen molar-refractivity contribution in [1.82, 2.24) is 9.80 Å². The van der Waals surface area contributed by atoms with Crippen molar-refractivity contribution in [3.05, 3.63) is 35.4 Å². The predicted molar refractivity (Wildman–Crippen MR) is 83.2 cm³/mol. The Bertz CT molecular complexity index is 433. The third-order valence-electron chi connectivity index (χ3n) is 4.32. The Morgan fingerprint density at radius 2 is 1.65 bits per heavy atom. The number of likely N-dealkylation sites (N-methyl/N-ethyl adjacent to an activating group) is 1. The van der Waals surface area contributed by atoms with Gasteiger partial charge in [-0.2, -0.15) is 0 Å². The molecule has 0 aliphatic carbocycles. The van der Waals surface area contributed by atoms with E-state index in [-0.39, 0.29) is 11.7 Å². The number of aryl methyl sites for hydroxylation is 1. The van der Waals surface area contributed by atoms with Crippen molar-refractivity contribution < 1.29 is 4.79 Å². The molecule has 1 saturated heterocycles. The van der Waals surface area contributed by atoms with Crippen molar-refractivity contribution in [2.45, 2.75) is 26.7 Å². The summed E-state index contributed by atoms with van der Waals surface area (Å²) < 4.78 is 0. The van der Waals surface area contributed by atoms with Crippen molar-refractivity contribution in [2.24, 2.45) is 0 Å². The molecule has 0 aromatic heterocycles. The first-order chi connectivity index (χ1) is 9.60. The van der Waals surface area contributed by atoms with E-state index in [0.29, 0.717) is 0 Å². The van der Waals surface area contributed by atoms with Crippen LogP contribution in [-0.2, 0) is 4.79 Å². The molecule has 0 spiro atoms. The number of rotatable bonds is 5. The maximum Gasteiger partial charge on any atom is 0.138 e. The SMILES string of the molecule is CCN1CCN(C[C@H](C(C)=O)c2ccc(C)cc2)CC1. The molecule has 3 heteroatoms. The second-order valence-electron chi connectivity index (χ2n) is 5.81. The van der Waals surface area contributed by atoms with Crippen molar-refractivity contribution in [1.29, 1.82) is 0 Å². The van der Waals surface area contributed by atoms with Gasteiger partial charge in [-0.1, -0.05) is 36.8 Å². The van der Waals surface area contributed by atoms with Gasteiger partial charge in [-0.3, -0.25) is 9.69 Å². The molecular weight excluding hydrogens is 248 g/mol. The van der Waals surface area contributed by atoms with Crippen LogP contribution in [0.2, 0.25) is 0 Å². The van der Waals surface area contributed by atoms with Gasteiger partial charge in [-0.15, -0.1) is 0 Å². The average Bonchev–Trinajstić information content (AvgIpc) is 2.46. The number of ketones is 1. The van der Waals surface area contributed by atoms with Gasteiger partial charge in [-0.25, -0.2) is 0 Å². The van der Waals surface area contributed by atoms with Gasteiger partial charge in [0.2, 0.25) is 0 Å². The highest BCUT2D eigenvalue weighted by atomic mass is 16.1. The van der Waals surface area contributed by atoms with Crippen molar-refractivity contribution in [3.8, 4) is 0 Å². The minimum absolute atomic E-state index is 0.0174. The molecule has 1 aliphatic heterocycles. The lowest BCUT2D eigenvalue weighted by atomic mass is 9.94. The normalized spacial score (nSPS) is 18.9. The molecule has 2 rings (SSSR count). The zero-order valence-electron chi connectivity index (χ0n) is 12.9. The van der Waals surface area contributed by atoms with E-state index in [2.05, 4.69) is 47.9 Å². The number of hydrogen-bond donors (Lipinski definition) is 0. The first-order valence-corrected chi connectivity index (χ1v) is 7.62. The minimum atomic E-state index is 0.0174. The maximum atomic E-state index is 12.0. The van der Waals surface area contributed by atoms with E-state index in [1.54, 1.807) is 6.92 Å². The van der Waals surface area contributed by atoms with Crippen LogP contribution in [0.3, 0.4) is 0 Å².